The Balaban J connectivity index is 2.19. The Kier molecular flexibility index (Phi) is 2.85. The molecule has 1 aromatic heterocycles. The minimum Gasteiger partial charge on any atom is -0.503 e. The minimum absolute atomic E-state index is 0.187. The Hall–Kier alpha value is -2.11. The van der Waals surface area contributed by atoms with Gasteiger partial charge in [-0.1, -0.05) is 30.3 Å². The van der Waals surface area contributed by atoms with E-state index in [1.807, 2.05) is 30.3 Å². The van der Waals surface area contributed by atoms with Crippen LogP contribution in [-0.4, -0.2) is 21.1 Å². The molecule has 5 nitrogen and oxygen atoms in total. The summed E-state index contributed by atoms with van der Waals surface area (Å²) in [5, 5.41) is 19.7. The maximum atomic E-state index is 11.6. The summed E-state index contributed by atoms with van der Waals surface area (Å²) in [4.78, 5) is 11.6. The van der Waals surface area contributed by atoms with E-state index in [0.29, 0.717) is 5.69 Å². The van der Waals surface area contributed by atoms with Crippen molar-refractivity contribution in [1.82, 2.24) is 4.57 Å². The second-order valence-electron chi connectivity index (χ2n) is 4.45. The van der Waals surface area contributed by atoms with Crippen molar-refractivity contribution < 1.29 is 14.9 Å². The van der Waals surface area contributed by atoms with E-state index in [-0.39, 0.29) is 12.3 Å². The highest BCUT2D eigenvalue weighted by Crippen LogP contribution is 2.34. The molecule has 1 aromatic carbocycles. The zero-order valence-corrected chi connectivity index (χ0v) is 10.1. The Morgan fingerprint density at radius 1 is 1.21 bits per heavy atom. The zero-order valence-electron chi connectivity index (χ0n) is 10.1. The Labute approximate surface area is 109 Å². The highest BCUT2D eigenvalue weighted by molar-refractivity contribution is 5.36. The normalized spacial score (nSPS) is 21.9. The summed E-state index contributed by atoms with van der Waals surface area (Å²) < 4.78 is 7.11. The molecule has 98 valence electrons. The number of aromatic hydroxyl groups is 1. The first-order valence-corrected chi connectivity index (χ1v) is 5.97. The average molecular weight is 259 g/mol. The Bertz CT molecular complexity index is 650. The van der Waals surface area contributed by atoms with Gasteiger partial charge in [0.05, 0.1) is 12.2 Å². The van der Waals surface area contributed by atoms with Gasteiger partial charge >= 0.3 is 0 Å². The van der Waals surface area contributed by atoms with Gasteiger partial charge in [-0.3, -0.25) is 4.79 Å². The fourth-order valence-electron chi connectivity index (χ4n) is 2.31. The molecule has 0 saturated carbocycles. The molecule has 0 fully saturated rings. The third-order valence-electron chi connectivity index (χ3n) is 3.19. The first-order valence-electron chi connectivity index (χ1n) is 5.97. The van der Waals surface area contributed by atoms with E-state index in [1.54, 1.807) is 10.8 Å². The SMILES string of the molecule is O=c1ccn2c(c1O)C(c1ccccc1)OC(O)C2. The summed E-state index contributed by atoms with van der Waals surface area (Å²) in [5.74, 6) is -0.330. The maximum absolute atomic E-state index is 11.6. The Morgan fingerprint density at radius 2 is 1.95 bits per heavy atom. The van der Waals surface area contributed by atoms with E-state index in [4.69, 9.17) is 4.74 Å². The van der Waals surface area contributed by atoms with Gasteiger partial charge in [0.15, 0.2) is 12.0 Å². The molecule has 1 aliphatic heterocycles. The van der Waals surface area contributed by atoms with Crippen molar-refractivity contribution in [2.45, 2.75) is 18.9 Å². The molecule has 0 amide bonds. The van der Waals surface area contributed by atoms with E-state index >= 15 is 0 Å². The molecular weight excluding hydrogens is 246 g/mol. The van der Waals surface area contributed by atoms with Crippen molar-refractivity contribution in [3.8, 4) is 5.75 Å². The largest absolute Gasteiger partial charge is 0.503 e. The molecular formula is C14H13NO4. The van der Waals surface area contributed by atoms with Crippen LogP contribution in [0.2, 0.25) is 0 Å². The molecule has 0 saturated heterocycles. The number of aliphatic hydroxyl groups excluding tert-OH is 1. The minimum atomic E-state index is -0.973. The van der Waals surface area contributed by atoms with Gasteiger partial charge in [-0.2, -0.15) is 0 Å². The van der Waals surface area contributed by atoms with Crippen molar-refractivity contribution in [1.29, 1.82) is 0 Å². The molecule has 0 aliphatic carbocycles. The van der Waals surface area contributed by atoms with E-state index in [9.17, 15) is 15.0 Å². The lowest BCUT2D eigenvalue weighted by atomic mass is 10.0. The lowest BCUT2D eigenvalue weighted by Gasteiger charge is -2.31. The number of rotatable bonds is 1. The van der Waals surface area contributed by atoms with Crippen LogP contribution in [0.1, 0.15) is 17.4 Å². The van der Waals surface area contributed by atoms with Crippen LogP contribution in [0.4, 0.5) is 0 Å². The lowest BCUT2D eigenvalue weighted by molar-refractivity contribution is -0.151. The fraction of sp³-hybridized carbons (Fsp3) is 0.214. The first-order chi connectivity index (χ1) is 9.16. The van der Waals surface area contributed by atoms with Crippen molar-refractivity contribution in [2.75, 3.05) is 0 Å². The number of benzene rings is 1. The molecule has 2 unspecified atom stereocenters. The van der Waals surface area contributed by atoms with Crippen LogP contribution < -0.4 is 5.43 Å². The van der Waals surface area contributed by atoms with Gasteiger partial charge in [0.2, 0.25) is 5.43 Å². The van der Waals surface area contributed by atoms with Crippen LogP contribution in [0.3, 0.4) is 0 Å². The second kappa shape index (κ2) is 4.53. The average Bonchev–Trinajstić information content (AvgIpc) is 2.43. The van der Waals surface area contributed by atoms with Crippen LogP contribution in [-0.2, 0) is 11.3 Å². The van der Waals surface area contributed by atoms with Crippen molar-refractivity contribution in [3.05, 3.63) is 64.1 Å². The monoisotopic (exact) mass is 259 g/mol. The van der Waals surface area contributed by atoms with Gasteiger partial charge in [0, 0.05) is 12.3 Å². The van der Waals surface area contributed by atoms with Crippen LogP contribution in [0.5, 0.6) is 5.75 Å². The molecule has 2 aromatic rings. The molecule has 0 radical (unpaired) electrons. The molecule has 19 heavy (non-hydrogen) atoms. The standard InChI is InChI=1S/C14H13NO4/c16-10-6-7-15-8-11(17)19-14(12(15)13(10)18)9-4-2-1-3-5-9/h1-7,11,14,17-18H,8H2. The summed E-state index contributed by atoms with van der Waals surface area (Å²) in [5.41, 5.74) is 0.701. The van der Waals surface area contributed by atoms with Gasteiger partial charge in [0.1, 0.15) is 6.10 Å². The third kappa shape index (κ3) is 2.03. The summed E-state index contributed by atoms with van der Waals surface area (Å²) >= 11 is 0. The highest BCUT2D eigenvalue weighted by atomic mass is 16.6. The summed E-state index contributed by atoms with van der Waals surface area (Å²) in [6.45, 7) is 0.187. The highest BCUT2D eigenvalue weighted by Gasteiger charge is 2.30. The number of ether oxygens (including phenoxy) is 1. The maximum Gasteiger partial charge on any atom is 0.223 e. The number of aliphatic hydroxyl groups is 1. The molecule has 2 heterocycles. The van der Waals surface area contributed by atoms with Crippen LogP contribution in [0.25, 0.3) is 0 Å². The van der Waals surface area contributed by atoms with Gasteiger partial charge in [0.25, 0.3) is 0 Å². The number of hydrogen-bond donors (Lipinski definition) is 2. The van der Waals surface area contributed by atoms with Gasteiger partial charge in [-0.05, 0) is 5.56 Å². The molecule has 2 N–H and O–H groups in total. The number of fused-ring (bicyclic) bond motifs is 1. The summed E-state index contributed by atoms with van der Waals surface area (Å²) in [7, 11) is 0. The first kappa shape index (κ1) is 12.0. The Morgan fingerprint density at radius 3 is 2.68 bits per heavy atom. The molecule has 2 atom stereocenters. The van der Waals surface area contributed by atoms with Crippen LogP contribution in [0.15, 0.2) is 47.4 Å². The van der Waals surface area contributed by atoms with E-state index in [0.717, 1.165) is 5.56 Å². The van der Waals surface area contributed by atoms with Crippen LogP contribution in [0, 0.1) is 0 Å². The number of hydrogen-bond acceptors (Lipinski definition) is 4. The predicted octanol–water partition coefficient (Wildman–Crippen LogP) is 0.992. The van der Waals surface area contributed by atoms with E-state index in [1.165, 1.54) is 6.07 Å². The predicted molar refractivity (Wildman–Crippen MR) is 67.7 cm³/mol. The molecule has 5 heteroatoms. The van der Waals surface area contributed by atoms with Crippen molar-refractivity contribution in [3.63, 3.8) is 0 Å². The van der Waals surface area contributed by atoms with Crippen LogP contribution >= 0.6 is 0 Å². The number of aromatic nitrogens is 1. The number of pyridine rings is 1. The fourth-order valence-corrected chi connectivity index (χ4v) is 2.31. The van der Waals surface area contributed by atoms with E-state index < -0.39 is 17.8 Å². The summed E-state index contributed by atoms with van der Waals surface area (Å²) in [6.07, 6.45) is -0.0718. The van der Waals surface area contributed by atoms with Gasteiger partial charge < -0.3 is 19.5 Å². The second-order valence-corrected chi connectivity index (χ2v) is 4.45. The molecule has 0 spiro atoms. The lowest BCUT2D eigenvalue weighted by Crippen LogP contribution is -2.32. The molecule has 3 rings (SSSR count). The smallest absolute Gasteiger partial charge is 0.223 e. The topological polar surface area (TPSA) is 71.7 Å². The van der Waals surface area contributed by atoms with Crippen molar-refractivity contribution in [2.24, 2.45) is 0 Å². The zero-order chi connectivity index (χ0) is 13.4. The van der Waals surface area contributed by atoms with Gasteiger partial charge in [-0.25, -0.2) is 0 Å². The van der Waals surface area contributed by atoms with E-state index in [2.05, 4.69) is 0 Å². The summed E-state index contributed by atoms with van der Waals surface area (Å²) in [6, 6.07) is 10.5. The molecule has 0 bridgehead atoms. The van der Waals surface area contributed by atoms with Gasteiger partial charge in [-0.15, -0.1) is 0 Å². The third-order valence-corrected chi connectivity index (χ3v) is 3.19. The quantitative estimate of drug-likeness (QED) is 0.801. The molecule has 1 aliphatic rings. The van der Waals surface area contributed by atoms with Crippen molar-refractivity contribution >= 4 is 0 Å². The number of nitrogens with zero attached hydrogens (tertiary/aromatic N) is 1.